The summed E-state index contributed by atoms with van der Waals surface area (Å²) in [5.74, 6) is 1.04. The molecule has 0 aromatic heterocycles. The minimum absolute atomic E-state index is 0.212. The second-order valence-electron chi connectivity index (χ2n) is 5.80. The summed E-state index contributed by atoms with van der Waals surface area (Å²) in [6.45, 7) is 8.64. The Kier molecular flexibility index (Phi) is 3.34. The molecule has 1 aliphatic heterocycles. The van der Waals surface area contributed by atoms with Crippen molar-refractivity contribution in [3.63, 3.8) is 0 Å². The lowest BCUT2D eigenvalue weighted by Gasteiger charge is -2.50. The molecule has 0 spiro atoms. The summed E-state index contributed by atoms with van der Waals surface area (Å²) in [4.78, 5) is 2.60. The van der Waals surface area contributed by atoms with Crippen LogP contribution in [0.5, 0.6) is 0 Å². The third-order valence-corrected chi connectivity index (χ3v) is 4.76. The molecule has 2 fully saturated rings. The molecule has 0 unspecified atom stereocenters. The molecule has 0 N–H and O–H groups in total. The van der Waals surface area contributed by atoms with E-state index in [1.54, 1.807) is 0 Å². The predicted octanol–water partition coefficient (Wildman–Crippen LogP) is 2.20. The van der Waals surface area contributed by atoms with Gasteiger partial charge in [0.1, 0.15) is 0 Å². The Morgan fingerprint density at radius 3 is 2.53 bits per heavy atom. The molecule has 0 atom stereocenters. The lowest BCUT2D eigenvalue weighted by Crippen LogP contribution is -2.57. The van der Waals surface area contributed by atoms with E-state index in [0.29, 0.717) is 5.41 Å². The fraction of sp³-hybridized carbons (Fsp3) is 1.00. The number of hydrogen-bond donors (Lipinski definition) is 1. The van der Waals surface area contributed by atoms with Gasteiger partial charge in [0, 0.05) is 18.6 Å². The topological polar surface area (TPSA) is 12.5 Å². The van der Waals surface area contributed by atoms with E-state index in [1.165, 1.54) is 25.8 Å². The van der Waals surface area contributed by atoms with Crippen LogP contribution in [0.2, 0.25) is 0 Å². The van der Waals surface area contributed by atoms with Crippen LogP contribution >= 0.6 is 12.6 Å². The molecule has 1 saturated carbocycles. The predicted molar refractivity (Wildman–Crippen MR) is 66.6 cm³/mol. The highest BCUT2D eigenvalue weighted by Gasteiger charge is 2.41. The molecule has 1 saturated heterocycles. The minimum atomic E-state index is 0.212. The van der Waals surface area contributed by atoms with E-state index in [4.69, 9.17) is 4.74 Å². The molecule has 2 rings (SSSR count). The van der Waals surface area contributed by atoms with Crippen molar-refractivity contribution in [3.8, 4) is 0 Å². The highest BCUT2D eigenvalue weighted by molar-refractivity contribution is 7.80. The summed E-state index contributed by atoms with van der Waals surface area (Å²) in [7, 11) is 0. The van der Waals surface area contributed by atoms with E-state index in [1.807, 2.05) is 0 Å². The quantitative estimate of drug-likeness (QED) is 0.745. The van der Waals surface area contributed by atoms with Gasteiger partial charge in [0.25, 0.3) is 0 Å². The van der Waals surface area contributed by atoms with Crippen LogP contribution in [0.4, 0.5) is 0 Å². The standard InChI is InChI=1S/C12H23NOS/c1-11(2)9-14-7-6-13(11)8-12(10-15)4-3-5-12/h15H,3-10H2,1-2H3. The van der Waals surface area contributed by atoms with Gasteiger partial charge in [-0.15, -0.1) is 0 Å². The summed E-state index contributed by atoms with van der Waals surface area (Å²) in [6, 6.07) is 0. The second kappa shape index (κ2) is 4.27. The normalized spacial score (nSPS) is 29.8. The first-order valence-electron chi connectivity index (χ1n) is 6.02. The van der Waals surface area contributed by atoms with Gasteiger partial charge in [-0.05, 0) is 37.9 Å². The van der Waals surface area contributed by atoms with Crippen molar-refractivity contribution in [1.29, 1.82) is 0 Å². The third-order valence-electron chi connectivity index (χ3n) is 4.09. The number of nitrogens with zero attached hydrogens (tertiary/aromatic N) is 1. The van der Waals surface area contributed by atoms with E-state index >= 15 is 0 Å². The summed E-state index contributed by atoms with van der Waals surface area (Å²) in [5, 5.41) is 0. The minimum Gasteiger partial charge on any atom is -0.378 e. The van der Waals surface area contributed by atoms with Crippen LogP contribution in [0.25, 0.3) is 0 Å². The van der Waals surface area contributed by atoms with E-state index in [2.05, 4.69) is 31.4 Å². The van der Waals surface area contributed by atoms with Gasteiger partial charge in [-0.2, -0.15) is 12.6 Å². The van der Waals surface area contributed by atoms with Crippen LogP contribution in [0, 0.1) is 5.41 Å². The van der Waals surface area contributed by atoms with Crippen LogP contribution < -0.4 is 0 Å². The second-order valence-corrected chi connectivity index (χ2v) is 6.11. The number of thiol groups is 1. The maximum atomic E-state index is 5.55. The first kappa shape index (κ1) is 11.7. The molecule has 0 aromatic rings. The number of morpholine rings is 1. The first-order valence-corrected chi connectivity index (χ1v) is 6.65. The van der Waals surface area contributed by atoms with Crippen molar-refractivity contribution in [2.24, 2.45) is 5.41 Å². The lowest BCUT2D eigenvalue weighted by molar-refractivity contribution is -0.0754. The lowest BCUT2D eigenvalue weighted by atomic mass is 9.69. The molecule has 2 aliphatic rings. The summed E-state index contributed by atoms with van der Waals surface area (Å²) in [5.41, 5.74) is 0.724. The number of ether oxygens (including phenoxy) is 1. The highest BCUT2D eigenvalue weighted by Crippen LogP contribution is 2.43. The molecule has 1 aliphatic carbocycles. The maximum Gasteiger partial charge on any atom is 0.0645 e. The van der Waals surface area contributed by atoms with Gasteiger partial charge in [0.2, 0.25) is 0 Å². The number of rotatable bonds is 3. The average Bonchev–Trinajstić information content (AvgIpc) is 2.13. The van der Waals surface area contributed by atoms with Crippen LogP contribution in [-0.4, -0.2) is 42.5 Å². The van der Waals surface area contributed by atoms with Crippen molar-refractivity contribution < 1.29 is 4.74 Å². The van der Waals surface area contributed by atoms with Gasteiger partial charge in [0.05, 0.1) is 13.2 Å². The SMILES string of the molecule is CC1(C)COCCN1CC1(CS)CCC1. The molecule has 0 amide bonds. The monoisotopic (exact) mass is 229 g/mol. The van der Waals surface area contributed by atoms with Gasteiger partial charge < -0.3 is 4.74 Å². The largest absolute Gasteiger partial charge is 0.378 e. The molecule has 0 radical (unpaired) electrons. The average molecular weight is 229 g/mol. The van der Waals surface area contributed by atoms with Crippen molar-refractivity contribution in [2.45, 2.75) is 38.6 Å². The van der Waals surface area contributed by atoms with Gasteiger partial charge in [-0.25, -0.2) is 0 Å². The molecule has 88 valence electrons. The smallest absolute Gasteiger partial charge is 0.0645 e. The fourth-order valence-corrected chi connectivity index (χ4v) is 3.05. The Morgan fingerprint density at radius 2 is 2.07 bits per heavy atom. The van der Waals surface area contributed by atoms with Crippen molar-refractivity contribution in [1.82, 2.24) is 4.90 Å². The molecule has 2 nitrogen and oxygen atoms in total. The van der Waals surface area contributed by atoms with Gasteiger partial charge in [0.15, 0.2) is 0 Å². The van der Waals surface area contributed by atoms with Crippen molar-refractivity contribution in [3.05, 3.63) is 0 Å². The molecule has 0 bridgehead atoms. The first-order chi connectivity index (χ1) is 7.08. The summed E-state index contributed by atoms with van der Waals surface area (Å²) in [6.07, 6.45) is 4.12. The molecular formula is C12H23NOS. The zero-order valence-corrected chi connectivity index (χ0v) is 10.9. The summed E-state index contributed by atoms with van der Waals surface area (Å²) < 4.78 is 5.55. The zero-order valence-electron chi connectivity index (χ0n) is 9.96. The van der Waals surface area contributed by atoms with E-state index in [-0.39, 0.29) is 5.54 Å². The Balaban J connectivity index is 1.97. The molecular weight excluding hydrogens is 206 g/mol. The number of hydrogen-bond acceptors (Lipinski definition) is 3. The Hall–Kier alpha value is 0.270. The van der Waals surface area contributed by atoms with Gasteiger partial charge in [-0.1, -0.05) is 6.42 Å². The van der Waals surface area contributed by atoms with Crippen molar-refractivity contribution in [2.75, 3.05) is 32.1 Å². The molecule has 1 heterocycles. The fourth-order valence-electron chi connectivity index (χ4n) is 2.63. The Labute approximate surface area is 98.8 Å². The highest BCUT2D eigenvalue weighted by atomic mass is 32.1. The molecule has 3 heteroatoms. The van der Waals surface area contributed by atoms with Crippen LogP contribution in [0.3, 0.4) is 0 Å². The van der Waals surface area contributed by atoms with Crippen molar-refractivity contribution >= 4 is 12.6 Å². The van der Waals surface area contributed by atoms with Gasteiger partial charge >= 0.3 is 0 Å². The van der Waals surface area contributed by atoms with Gasteiger partial charge in [-0.3, -0.25) is 4.90 Å². The van der Waals surface area contributed by atoms with E-state index in [9.17, 15) is 0 Å². The zero-order chi connectivity index (χ0) is 10.9. The van der Waals surface area contributed by atoms with Crippen LogP contribution in [-0.2, 0) is 4.74 Å². The molecule has 15 heavy (non-hydrogen) atoms. The maximum absolute atomic E-state index is 5.55. The van der Waals surface area contributed by atoms with Crippen LogP contribution in [0.1, 0.15) is 33.1 Å². The van der Waals surface area contributed by atoms with E-state index < -0.39 is 0 Å². The Bertz CT molecular complexity index is 220. The van der Waals surface area contributed by atoms with Crippen LogP contribution in [0.15, 0.2) is 0 Å². The third kappa shape index (κ3) is 2.34. The Morgan fingerprint density at radius 1 is 1.33 bits per heavy atom. The molecule has 0 aromatic carbocycles. The summed E-state index contributed by atoms with van der Waals surface area (Å²) >= 11 is 4.53. The van der Waals surface area contributed by atoms with E-state index in [0.717, 1.165) is 25.5 Å².